The normalized spacial score (nSPS) is 15.3. The Morgan fingerprint density at radius 1 is 0.906 bits per heavy atom. The Bertz CT molecular complexity index is 958. The van der Waals surface area contributed by atoms with Crippen LogP contribution < -0.4 is 18.9 Å². The summed E-state index contributed by atoms with van der Waals surface area (Å²) < 4.78 is 42.3. The second-order valence-electron chi connectivity index (χ2n) is 7.69. The van der Waals surface area contributed by atoms with E-state index >= 15 is 0 Å². The number of ether oxygens (including phenoxy) is 3. The molecule has 1 aliphatic rings. The summed E-state index contributed by atoms with van der Waals surface area (Å²) in [5.41, 5.74) is 1.76. The van der Waals surface area contributed by atoms with Crippen LogP contribution in [0.15, 0.2) is 42.5 Å². The maximum atomic E-state index is 11.6. The van der Waals surface area contributed by atoms with E-state index in [0.717, 1.165) is 56.5 Å². The number of hydrogen-bond donors (Lipinski definition) is 1. The van der Waals surface area contributed by atoms with Gasteiger partial charge >= 0.3 is 0 Å². The molecule has 3 rings (SSSR count). The quantitative estimate of drug-likeness (QED) is 0.549. The number of rotatable bonds is 11. The average molecular weight is 464 g/mol. The van der Waals surface area contributed by atoms with Crippen molar-refractivity contribution in [2.45, 2.75) is 13.5 Å². The minimum atomic E-state index is -3.26. The Labute approximate surface area is 191 Å². The van der Waals surface area contributed by atoms with Gasteiger partial charge in [0.25, 0.3) is 0 Å². The fourth-order valence-corrected chi connectivity index (χ4v) is 4.21. The Balaban J connectivity index is 1.38. The van der Waals surface area contributed by atoms with Crippen molar-refractivity contribution in [3.05, 3.63) is 48.0 Å². The predicted molar refractivity (Wildman–Crippen MR) is 126 cm³/mol. The molecule has 0 amide bonds. The third kappa shape index (κ3) is 7.01. The van der Waals surface area contributed by atoms with Crippen LogP contribution in [0.1, 0.15) is 12.5 Å². The number of sulfonamides is 1. The maximum absolute atomic E-state index is 11.6. The smallest absolute Gasteiger partial charge is 0.232 e. The second kappa shape index (κ2) is 11.4. The van der Waals surface area contributed by atoms with Crippen LogP contribution in [-0.2, 0) is 16.6 Å². The van der Waals surface area contributed by atoms with Crippen molar-refractivity contribution in [1.29, 1.82) is 0 Å². The summed E-state index contributed by atoms with van der Waals surface area (Å²) in [6.45, 7) is 7.93. The highest BCUT2D eigenvalue weighted by Crippen LogP contribution is 2.28. The SMILES string of the molecule is CCS(=O)(=O)Nc1ccc(OCCN2CCN(Cc3ccc(OC)c(OC)c3)CC2)cc1. The molecule has 0 bridgehead atoms. The molecule has 0 aliphatic carbocycles. The third-order valence-electron chi connectivity index (χ3n) is 5.50. The largest absolute Gasteiger partial charge is 0.493 e. The molecule has 1 saturated heterocycles. The highest BCUT2D eigenvalue weighted by Gasteiger charge is 2.17. The van der Waals surface area contributed by atoms with Gasteiger partial charge in [0.1, 0.15) is 12.4 Å². The van der Waals surface area contributed by atoms with E-state index in [-0.39, 0.29) is 5.75 Å². The van der Waals surface area contributed by atoms with Gasteiger partial charge in [-0.05, 0) is 48.9 Å². The Morgan fingerprint density at radius 3 is 2.19 bits per heavy atom. The van der Waals surface area contributed by atoms with E-state index in [1.54, 1.807) is 45.4 Å². The Morgan fingerprint density at radius 2 is 1.56 bits per heavy atom. The number of nitrogens with zero attached hydrogens (tertiary/aromatic N) is 2. The van der Waals surface area contributed by atoms with Crippen molar-refractivity contribution in [2.75, 3.05) is 64.0 Å². The molecule has 0 aromatic heterocycles. The molecule has 176 valence electrons. The zero-order valence-electron chi connectivity index (χ0n) is 19.0. The minimum Gasteiger partial charge on any atom is -0.493 e. The number of nitrogens with one attached hydrogen (secondary N) is 1. The van der Waals surface area contributed by atoms with Crippen LogP contribution in [0.3, 0.4) is 0 Å². The van der Waals surface area contributed by atoms with Gasteiger partial charge in [-0.15, -0.1) is 0 Å². The van der Waals surface area contributed by atoms with E-state index in [4.69, 9.17) is 14.2 Å². The van der Waals surface area contributed by atoms with Crippen molar-refractivity contribution in [3.63, 3.8) is 0 Å². The molecule has 0 radical (unpaired) electrons. The van der Waals surface area contributed by atoms with Crippen LogP contribution in [0.2, 0.25) is 0 Å². The molecule has 0 saturated carbocycles. The van der Waals surface area contributed by atoms with Gasteiger partial charge in [0.15, 0.2) is 11.5 Å². The number of methoxy groups -OCH3 is 2. The lowest BCUT2D eigenvalue weighted by molar-refractivity contribution is 0.112. The molecule has 0 atom stereocenters. The zero-order chi connectivity index (χ0) is 23.0. The fraction of sp³-hybridized carbons (Fsp3) is 0.478. The lowest BCUT2D eigenvalue weighted by atomic mass is 10.1. The second-order valence-corrected chi connectivity index (χ2v) is 9.70. The van der Waals surface area contributed by atoms with Gasteiger partial charge in [-0.2, -0.15) is 0 Å². The molecule has 2 aromatic rings. The first kappa shape index (κ1) is 24.2. The lowest BCUT2D eigenvalue weighted by Crippen LogP contribution is -2.47. The molecule has 32 heavy (non-hydrogen) atoms. The van der Waals surface area contributed by atoms with Gasteiger partial charge in [0.05, 0.1) is 20.0 Å². The highest BCUT2D eigenvalue weighted by molar-refractivity contribution is 7.92. The molecule has 2 aromatic carbocycles. The van der Waals surface area contributed by atoms with Crippen molar-refractivity contribution in [1.82, 2.24) is 9.80 Å². The first-order valence-electron chi connectivity index (χ1n) is 10.8. The van der Waals surface area contributed by atoms with Gasteiger partial charge in [0, 0.05) is 45.0 Å². The third-order valence-corrected chi connectivity index (χ3v) is 6.81. The molecule has 1 N–H and O–H groups in total. The van der Waals surface area contributed by atoms with Crippen LogP contribution >= 0.6 is 0 Å². The Hall–Kier alpha value is -2.49. The minimum absolute atomic E-state index is 0.0484. The Kier molecular flexibility index (Phi) is 8.60. The molecule has 1 fully saturated rings. The van der Waals surface area contributed by atoms with Gasteiger partial charge in [-0.3, -0.25) is 14.5 Å². The fourth-order valence-electron chi connectivity index (χ4n) is 3.57. The molecule has 0 unspecified atom stereocenters. The van der Waals surface area contributed by atoms with Crippen molar-refractivity contribution in [2.24, 2.45) is 0 Å². The molecule has 1 heterocycles. The van der Waals surface area contributed by atoms with E-state index in [1.807, 2.05) is 12.1 Å². The molecule has 8 nitrogen and oxygen atoms in total. The van der Waals surface area contributed by atoms with Gasteiger partial charge < -0.3 is 14.2 Å². The molecule has 9 heteroatoms. The lowest BCUT2D eigenvalue weighted by Gasteiger charge is -2.34. The number of anilines is 1. The molecule has 0 spiro atoms. The van der Waals surface area contributed by atoms with Crippen molar-refractivity contribution >= 4 is 15.7 Å². The van der Waals surface area contributed by atoms with E-state index in [2.05, 4.69) is 20.6 Å². The predicted octanol–water partition coefficient (Wildman–Crippen LogP) is 2.66. The molecular formula is C23H33N3O5S. The summed E-state index contributed by atoms with van der Waals surface area (Å²) in [5.74, 6) is 2.29. The highest BCUT2D eigenvalue weighted by atomic mass is 32.2. The van der Waals surface area contributed by atoms with E-state index in [9.17, 15) is 8.42 Å². The van der Waals surface area contributed by atoms with Crippen LogP contribution in [0.4, 0.5) is 5.69 Å². The topological polar surface area (TPSA) is 80.3 Å². The van der Waals surface area contributed by atoms with Crippen LogP contribution in [0, 0.1) is 0 Å². The van der Waals surface area contributed by atoms with Crippen LogP contribution in [0.25, 0.3) is 0 Å². The summed E-state index contributed by atoms with van der Waals surface area (Å²) in [7, 11) is 0.0415. The summed E-state index contributed by atoms with van der Waals surface area (Å²) >= 11 is 0. The van der Waals surface area contributed by atoms with E-state index in [1.165, 1.54) is 5.56 Å². The zero-order valence-corrected chi connectivity index (χ0v) is 19.9. The van der Waals surface area contributed by atoms with Crippen LogP contribution in [0.5, 0.6) is 17.2 Å². The maximum Gasteiger partial charge on any atom is 0.232 e. The van der Waals surface area contributed by atoms with Gasteiger partial charge in [0.2, 0.25) is 10.0 Å². The van der Waals surface area contributed by atoms with Gasteiger partial charge in [-0.1, -0.05) is 6.07 Å². The van der Waals surface area contributed by atoms with Crippen molar-refractivity contribution in [3.8, 4) is 17.2 Å². The van der Waals surface area contributed by atoms with Crippen LogP contribution in [-0.4, -0.2) is 77.5 Å². The number of benzene rings is 2. The van der Waals surface area contributed by atoms with Gasteiger partial charge in [-0.25, -0.2) is 8.42 Å². The average Bonchev–Trinajstić information content (AvgIpc) is 2.81. The molecule has 1 aliphatic heterocycles. The summed E-state index contributed by atoms with van der Waals surface area (Å²) in [6.07, 6.45) is 0. The first-order valence-corrected chi connectivity index (χ1v) is 12.5. The molecular weight excluding hydrogens is 430 g/mol. The number of piperazine rings is 1. The summed E-state index contributed by atoms with van der Waals surface area (Å²) in [6, 6.07) is 13.1. The number of hydrogen-bond acceptors (Lipinski definition) is 7. The summed E-state index contributed by atoms with van der Waals surface area (Å²) in [5, 5.41) is 0. The standard InChI is InChI=1S/C23H33N3O5S/c1-4-32(27,28)24-20-6-8-21(9-7-20)31-16-15-25-11-13-26(14-12-25)18-19-5-10-22(29-2)23(17-19)30-3/h5-10,17,24H,4,11-16,18H2,1-3H3. The van der Waals surface area contributed by atoms with E-state index in [0.29, 0.717) is 12.3 Å². The monoisotopic (exact) mass is 463 g/mol. The first-order chi connectivity index (χ1) is 15.4. The summed E-state index contributed by atoms with van der Waals surface area (Å²) in [4.78, 5) is 4.84. The van der Waals surface area contributed by atoms with Crippen molar-refractivity contribution < 1.29 is 22.6 Å². The van der Waals surface area contributed by atoms with E-state index < -0.39 is 10.0 Å².